The minimum Gasteiger partial charge on any atom is -0.489 e. The Morgan fingerprint density at radius 3 is 2.57 bits per heavy atom. The van der Waals surface area contributed by atoms with Crippen molar-refractivity contribution in [2.75, 3.05) is 0 Å². The molecule has 0 N–H and O–H groups in total. The van der Waals surface area contributed by atoms with E-state index in [-0.39, 0.29) is 11.9 Å². The third-order valence-corrected chi connectivity index (χ3v) is 4.11. The zero-order chi connectivity index (χ0) is 19.8. The fourth-order valence-corrected chi connectivity index (χ4v) is 2.71. The number of hydrogen-bond donors (Lipinski definition) is 0. The first-order valence-corrected chi connectivity index (χ1v) is 8.96. The molecular formula is C23H20N2O3. The summed E-state index contributed by atoms with van der Waals surface area (Å²) in [5, 5.41) is 8.29. The first-order chi connectivity index (χ1) is 13.7. The lowest BCUT2D eigenvalue weighted by atomic mass is 10.0. The molecule has 1 aliphatic rings. The van der Waals surface area contributed by atoms with Gasteiger partial charge in [0.2, 0.25) is 0 Å². The van der Waals surface area contributed by atoms with E-state index in [1.807, 2.05) is 43.3 Å². The summed E-state index contributed by atoms with van der Waals surface area (Å²) >= 11 is 0. The van der Waals surface area contributed by atoms with Crippen molar-refractivity contribution in [1.29, 1.82) is 5.26 Å². The molecule has 0 saturated heterocycles. The number of carbonyl (C=O) groups excluding carboxylic acids is 1. The summed E-state index contributed by atoms with van der Waals surface area (Å²) < 4.78 is 11.4. The minimum atomic E-state index is -0.0783. The van der Waals surface area contributed by atoms with Gasteiger partial charge in [0.05, 0.1) is 17.2 Å². The standard InChI is InChI=1S/C16H15NO3.C7H5N/c1-11-8-15(18)14-3-2-13(9-16(14)20-11)19-10-12-4-6-17-7-5-12;8-6-7-4-2-1-3-5-7/h2-7,9,11H,8,10H2,1H3;1-5H. The van der Waals surface area contributed by atoms with Crippen LogP contribution in [0.2, 0.25) is 0 Å². The number of nitriles is 1. The van der Waals surface area contributed by atoms with Crippen LogP contribution in [0, 0.1) is 11.3 Å². The molecule has 1 aromatic heterocycles. The molecule has 1 atom stereocenters. The Labute approximate surface area is 164 Å². The van der Waals surface area contributed by atoms with Gasteiger partial charge in [-0.05, 0) is 48.9 Å². The van der Waals surface area contributed by atoms with E-state index in [1.165, 1.54) is 0 Å². The number of carbonyl (C=O) groups is 1. The third kappa shape index (κ3) is 5.18. The zero-order valence-corrected chi connectivity index (χ0v) is 15.5. The summed E-state index contributed by atoms with van der Waals surface area (Å²) in [5.74, 6) is 1.43. The quantitative estimate of drug-likeness (QED) is 0.673. The van der Waals surface area contributed by atoms with Crippen LogP contribution in [0.5, 0.6) is 11.5 Å². The number of ketones is 1. The Balaban J connectivity index is 0.000000236. The molecule has 0 saturated carbocycles. The van der Waals surface area contributed by atoms with Crippen molar-refractivity contribution < 1.29 is 14.3 Å². The lowest BCUT2D eigenvalue weighted by Gasteiger charge is -2.22. The third-order valence-electron chi connectivity index (χ3n) is 4.11. The van der Waals surface area contributed by atoms with Crippen molar-refractivity contribution >= 4 is 5.78 Å². The molecule has 0 bridgehead atoms. The number of nitrogens with zero attached hydrogens (tertiary/aromatic N) is 2. The van der Waals surface area contributed by atoms with E-state index < -0.39 is 0 Å². The predicted octanol–water partition coefficient (Wildman–Crippen LogP) is 4.57. The van der Waals surface area contributed by atoms with Crippen LogP contribution in [0.1, 0.15) is 34.8 Å². The second kappa shape index (κ2) is 9.33. The monoisotopic (exact) mass is 372 g/mol. The average Bonchev–Trinajstić information content (AvgIpc) is 2.73. The molecule has 2 aromatic carbocycles. The maximum atomic E-state index is 11.9. The summed E-state index contributed by atoms with van der Waals surface area (Å²) in [4.78, 5) is 15.8. The van der Waals surface area contributed by atoms with Crippen molar-refractivity contribution in [2.24, 2.45) is 0 Å². The molecule has 3 aromatic rings. The minimum absolute atomic E-state index is 0.0783. The number of Topliss-reactive ketones (excluding diaryl/α,β-unsaturated/α-hetero) is 1. The highest BCUT2D eigenvalue weighted by molar-refractivity contribution is 6.00. The molecule has 5 heteroatoms. The van der Waals surface area contributed by atoms with Crippen molar-refractivity contribution in [3.05, 3.63) is 89.7 Å². The van der Waals surface area contributed by atoms with Crippen LogP contribution in [-0.2, 0) is 6.61 Å². The van der Waals surface area contributed by atoms with E-state index in [0.717, 1.165) is 5.56 Å². The van der Waals surface area contributed by atoms with Gasteiger partial charge < -0.3 is 9.47 Å². The molecule has 2 heterocycles. The number of ether oxygens (including phenoxy) is 2. The summed E-state index contributed by atoms with van der Waals surface area (Å²) in [6.07, 6.45) is 3.82. The maximum Gasteiger partial charge on any atom is 0.170 e. The highest BCUT2D eigenvalue weighted by Gasteiger charge is 2.23. The van der Waals surface area contributed by atoms with Gasteiger partial charge in [0, 0.05) is 24.9 Å². The fourth-order valence-electron chi connectivity index (χ4n) is 2.71. The number of fused-ring (bicyclic) bond motifs is 1. The Bertz CT molecular complexity index is 966. The van der Waals surface area contributed by atoms with E-state index >= 15 is 0 Å². The number of hydrogen-bond acceptors (Lipinski definition) is 5. The van der Waals surface area contributed by atoms with Crippen LogP contribution >= 0.6 is 0 Å². The van der Waals surface area contributed by atoms with Crippen molar-refractivity contribution in [1.82, 2.24) is 4.98 Å². The van der Waals surface area contributed by atoms with Gasteiger partial charge in [0.15, 0.2) is 5.78 Å². The second-order valence-corrected chi connectivity index (χ2v) is 6.34. The first kappa shape index (κ1) is 19.1. The van der Waals surface area contributed by atoms with Gasteiger partial charge in [-0.3, -0.25) is 9.78 Å². The molecule has 4 rings (SSSR count). The van der Waals surface area contributed by atoms with Crippen molar-refractivity contribution in [2.45, 2.75) is 26.1 Å². The highest BCUT2D eigenvalue weighted by atomic mass is 16.5. The van der Waals surface area contributed by atoms with E-state index in [1.54, 1.807) is 42.7 Å². The van der Waals surface area contributed by atoms with E-state index in [4.69, 9.17) is 14.7 Å². The van der Waals surface area contributed by atoms with Gasteiger partial charge in [-0.1, -0.05) is 18.2 Å². The molecule has 1 unspecified atom stereocenters. The lowest BCUT2D eigenvalue weighted by molar-refractivity contribution is 0.0870. The largest absolute Gasteiger partial charge is 0.489 e. The van der Waals surface area contributed by atoms with Crippen LogP contribution in [0.15, 0.2) is 73.1 Å². The van der Waals surface area contributed by atoms with Crippen LogP contribution < -0.4 is 9.47 Å². The molecule has 0 spiro atoms. The van der Waals surface area contributed by atoms with Crippen molar-refractivity contribution in [3.8, 4) is 17.6 Å². The average molecular weight is 372 g/mol. The normalized spacial score (nSPS) is 14.6. The molecule has 1 aliphatic heterocycles. The lowest BCUT2D eigenvalue weighted by Crippen LogP contribution is -2.23. The Hall–Kier alpha value is -3.65. The molecule has 5 nitrogen and oxygen atoms in total. The predicted molar refractivity (Wildman–Crippen MR) is 105 cm³/mol. The molecule has 0 fully saturated rings. The van der Waals surface area contributed by atoms with Crippen molar-refractivity contribution in [3.63, 3.8) is 0 Å². The van der Waals surface area contributed by atoms with E-state index in [2.05, 4.69) is 4.98 Å². The number of rotatable bonds is 3. The molecule has 0 aliphatic carbocycles. The topological polar surface area (TPSA) is 72.2 Å². The van der Waals surface area contributed by atoms with Crippen LogP contribution in [0.4, 0.5) is 0 Å². The second-order valence-electron chi connectivity index (χ2n) is 6.34. The summed E-state index contributed by atoms with van der Waals surface area (Å²) in [7, 11) is 0. The molecule has 0 radical (unpaired) electrons. The number of benzene rings is 2. The zero-order valence-electron chi connectivity index (χ0n) is 15.5. The smallest absolute Gasteiger partial charge is 0.170 e. The van der Waals surface area contributed by atoms with Gasteiger partial charge >= 0.3 is 0 Å². The van der Waals surface area contributed by atoms with Crippen LogP contribution in [0.3, 0.4) is 0 Å². The summed E-state index contributed by atoms with van der Waals surface area (Å²) in [6.45, 7) is 2.36. The SMILES string of the molecule is CC1CC(=O)c2ccc(OCc3ccncc3)cc2O1.N#Cc1ccccc1. The van der Waals surface area contributed by atoms with Crippen LogP contribution in [0.25, 0.3) is 0 Å². The molecule has 140 valence electrons. The Morgan fingerprint density at radius 2 is 1.89 bits per heavy atom. The molecular weight excluding hydrogens is 352 g/mol. The Kier molecular flexibility index (Phi) is 6.37. The fraction of sp³-hybridized carbons (Fsp3) is 0.174. The van der Waals surface area contributed by atoms with Crippen LogP contribution in [-0.4, -0.2) is 16.9 Å². The van der Waals surface area contributed by atoms with Gasteiger partial charge in [-0.25, -0.2) is 0 Å². The van der Waals surface area contributed by atoms with Gasteiger partial charge in [0.1, 0.15) is 24.2 Å². The number of aromatic nitrogens is 1. The summed E-state index contributed by atoms with van der Waals surface area (Å²) in [5.41, 5.74) is 2.40. The highest BCUT2D eigenvalue weighted by Crippen LogP contribution is 2.31. The summed E-state index contributed by atoms with van der Waals surface area (Å²) in [6, 6.07) is 20.3. The van der Waals surface area contributed by atoms with E-state index in [0.29, 0.717) is 35.7 Å². The van der Waals surface area contributed by atoms with Gasteiger partial charge in [-0.15, -0.1) is 0 Å². The van der Waals surface area contributed by atoms with Gasteiger partial charge in [0.25, 0.3) is 0 Å². The molecule has 0 amide bonds. The Morgan fingerprint density at radius 1 is 1.14 bits per heavy atom. The first-order valence-electron chi connectivity index (χ1n) is 8.96. The van der Waals surface area contributed by atoms with Gasteiger partial charge in [-0.2, -0.15) is 5.26 Å². The number of pyridine rings is 1. The van der Waals surface area contributed by atoms with E-state index in [9.17, 15) is 4.79 Å². The molecule has 28 heavy (non-hydrogen) atoms. The maximum absolute atomic E-state index is 11.9.